The van der Waals surface area contributed by atoms with E-state index in [1.165, 1.54) is 23.3 Å². The van der Waals surface area contributed by atoms with Gasteiger partial charge in [-0.3, -0.25) is 0 Å². The molecule has 1 unspecified atom stereocenters. The molecule has 23 heavy (non-hydrogen) atoms. The van der Waals surface area contributed by atoms with Gasteiger partial charge in [0.1, 0.15) is 5.54 Å². The number of benzene rings is 1. The zero-order valence-corrected chi connectivity index (χ0v) is 14.7. The summed E-state index contributed by atoms with van der Waals surface area (Å²) in [4.78, 5) is 2.35. The molecule has 0 aromatic heterocycles. The van der Waals surface area contributed by atoms with Crippen LogP contribution < -0.4 is 4.72 Å². The van der Waals surface area contributed by atoms with Crippen LogP contribution in [0.5, 0.6) is 0 Å². The Morgan fingerprint density at radius 2 is 2.17 bits per heavy atom. The van der Waals surface area contributed by atoms with E-state index in [1.807, 2.05) is 0 Å². The molecule has 0 saturated carbocycles. The molecule has 0 amide bonds. The zero-order chi connectivity index (χ0) is 16.1. The third-order valence-electron chi connectivity index (χ3n) is 4.48. The topological polar surface area (TPSA) is 36.9 Å². The molecule has 0 spiro atoms. The molecule has 0 saturated heterocycles. The summed E-state index contributed by atoms with van der Waals surface area (Å²) in [6, 6.07) is 10.5. The molecule has 5 heteroatoms. The fourth-order valence-electron chi connectivity index (χ4n) is 3.01. The number of ether oxygens (including phenoxy) is 1. The van der Waals surface area contributed by atoms with E-state index in [-0.39, 0.29) is 5.54 Å². The monoisotopic (exact) mass is 331 g/mol. The number of aryl methyl sites for hydroxylation is 1. The zero-order valence-electron chi connectivity index (χ0n) is 13.9. The minimum atomic E-state index is -0.272. The van der Waals surface area contributed by atoms with Crippen LogP contribution in [-0.2, 0) is 11.2 Å². The third kappa shape index (κ3) is 3.97. The first-order valence-electron chi connectivity index (χ1n) is 8.25. The molecule has 4 nitrogen and oxygen atoms in total. The molecule has 0 aliphatic carbocycles. The third-order valence-corrected chi connectivity index (χ3v) is 5.24. The van der Waals surface area contributed by atoms with Crippen molar-refractivity contribution < 1.29 is 4.74 Å². The molecule has 1 N–H and O–H groups in total. The Morgan fingerprint density at radius 3 is 2.96 bits per heavy atom. The van der Waals surface area contributed by atoms with Crippen LogP contribution in [0, 0.1) is 0 Å². The van der Waals surface area contributed by atoms with E-state index in [4.69, 9.17) is 4.74 Å². The number of nitrogens with zero attached hydrogens (tertiary/aromatic N) is 2. The molecule has 2 aliphatic heterocycles. The Kier molecular flexibility index (Phi) is 5.41. The SMILES string of the molecule is CN1CCC=C(C2(C)NSN=C2OCCCc2ccccc2)C1. The van der Waals surface area contributed by atoms with Gasteiger partial charge in [-0.25, -0.2) is 4.72 Å². The Morgan fingerprint density at radius 1 is 1.35 bits per heavy atom. The minimum absolute atomic E-state index is 0.272. The molecule has 0 bridgehead atoms. The maximum atomic E-state index is 6.04. The highest BCUT2D eigenvalue weighted by Gasteiger charge is 2.41. The highest BCUT2D eigenvalue weighted by Crippen LogP contribution is 2.31. The Balaban J connectivity index is 1.54. The summed E-state index contributed by atoms with van der Waals surface area (Å²) in [7, 11) is 2.16. The van der Waals surface area contributed by atoms with Gasteiger partial charge in [-0.2, -0.15) is 4.40 Å². The second-order valence-corrected chi connectivity index (χ2v) is 6.98. The van der Waals surface area contributed by atoms with Crippen LogP contribution >= 0.6 is 12.1 Å². The number of hydrogen-bond acceptors (Lipinski definition) is 5. The van der Waals surface area contributed by atoms with Gasteiger partial charge in [-0.1, -0.05) is 36.4 Å². The Hall–Kier alpha value is -1.30. The molecule has 1 aromatic rings. The van der Waals surface area contributed by atoms with E-state index in [2.05, 4.69) is 64.4 Å². The lowest BCUT2D eigenvalue weighted by Gasteiger charge is -2.33. The van der Waals surface area contributed by atoms with Gasteiger partial charge >= 0.3 is 0 Å². The number of nitrogens with one attached hydrogen (secondary N) is 1. The number of hydrogen-bond donors (Lipinski definition) is 1. The van der Waals surface area contributed by atoms with Crippen molar-refractivity contribution in [2.75, 3.05) is 26.7 Å². The smallest absolute Gasteiger partial charge is 0.222 e. The lowest BCUT2D eigenvalue weighted by molar-refractivity contribution is 0.268. The first-order valence-corrected chi connectivity index (χ1v) is 9.02. The van der Waals surface area contributed by atoms with Gasteiger partial charge in [0.2, 0.25) is 5.90 Å². The summed E-state index contributed by atoms with van der Waals surface area (Å²) in [6.45, 7) is 4.97. The van der Waals surface area contributed by atoms with Crippen LogP contribution in [0.2, 0.25) is 0 Å². The quantitative estimate of drug-likeness (QED) is 0.511. The lowest BCUT2D eigenvalue weighted by Crippen LogP contribution is -2.49. The van der Waals surface area contributed by atoms with E-state index >= 15 is 0 Å². The van der Waals surface area contributed by atoms with Crippen molar-refractivity contribution >= 4 is 18.0 Å². The van der Waals surface area contributed by atoms with Crippen LogP contribution in [0.1, 0.15) is 25.3 Å². The summed E-state index contributed by atoms with van der Waals surface area (Å²) in [5, 5.41) is 0. The van der Waals surface area contributed by atoms with Gasteiger partial charge in [0.05, 0.1) is 18.7 Å². The molecule has 2 heterocycles. The average Bonchev–Trinajstić information content (AvgIpc) is 2.95. The van der Waals surface area contributed by atoms with E-state index < -0.39 is 0 Å². The van der Waals surface area contributed by atoms with Crippen molar-refractivity contribution in [3.8, 4) is 0 Å². The largest absolute Gasteiger partial charge is 0.479 e. The summed E-state index contributed by atoms with van der Waals surface area (Å²) in [6.07, 6.45) is 5.47. The molecule has 1 atom stereocenters. The summed E-state index contributed by atoms with van der Waals surface area (Å²) in [5.41, 5.74) is 2.45. The molecular weight excluding hydrogens is 306 g/mol. The first-order chi connectivity index (χ1) is 11.2. The summed E-state index contributed by atoms with van der Waals surface area (Å²) >= 11 is 1.39. The van der Waals surface area contributed by atoms with Gasteiger partial charge in [0.15, 0.2) is 0 Å². The van der Waals surface area contributed by atoms with Gasteiger partial charge in [-0.15, -0.1) is 0 Å². The average molecular weight is 331 g/mol. The molecule has 0 radical (unpaired) electrons. The molecule has 3 rings (SSSR count). The van der Waals surface area contributed by atoms with Crippen LogP contribution in [0.15, 0.2) is 46.4 Å². The van der Waals surface area contributed by atoms with E-state index in [1.54, 1.807) is 0 Å². The second kappa shape index (κ2) is 7.51. The molecule has 0 fully saturated rings. The molecule has 2 aliphatic rings. The molecular formula is C18H25N3OS. The highest BCUT2D eigenvalue weighted by atomic mass is 32.2. The van der Waals surface area contributed by atoms with Gasteiger partial charge in [-0.05, 0) is 44.4 Å². The van der Waals surface area contributed by atoms with Crippen molar-refractivity contribution in [2.24, 2.45) is 4.40 Å². The van der Waals surface area contributed by atoms with Gasteiger partial charge in [0.25, 0.3) is 0 Å². The fourth-order valence-corrected chi connectivity index (χ4v) is 3.77. The van der Waals surface area contributed by atoms with Gasteiger partial charge < -0.3 is 9.64 Å². The van der Waals surface area contributed by atoms with Crippen molar-refractivity contribution in [3.05, 3.63) is 47.5 Å². The summed E-state index contributed by atoms with van der Waals surface area (Å²) < 4.78 is 13.9. The van der Waals surface area contributed by atoms with E-state index in [0.29, 0.717) is 6.61 Å². The molecule has 1 aromatic carbocycles. The maximum absolute atomic E-state index is 6.04. The highest BCUT2D eigenvalue weighted by molar-refractivity contribution is 7.96. The summed E-state index contributed by atoms with van der Waals surface area (Å²) in [5.74, 6) is 0.817. The van der Waals surface area contributed by atoms with E-state index in [0.717, 1.165) is 38.2 Å². The predicted octanol–water partition coefficient (Wildman–Crippen LogP) is 3.22. The van der Waals surface area contributed by atoms with Crippen LogP contribution in [0.4, 0.5) is 0 Å². The van der Waals surface area contributed by atoms with Crippen molar-refractivity contribution in [3.63, 3.8) is 0 Å². The van der Waals surface area contributed by atoms with Crippen molar-refractivity contribution in [1.82, 2.24) is 9.62 Å². The fraction of sp³-hybridized carbons (Fsp3) is 0.500. The Labute approximate surface area is 143 Å². The standard InChI is InChI=1S/C18H25N3OS/c1-18(16-11-6-12-21(2)14-16)17(19-23-20-18)22-13-7-10-15-8-4-3-5-9-15/h3-5,8-9,11,20H,6-7,10,12-14H2,1-2H3. The van der Waals surface area contributed by atoms with Crippen LogP contribution in [0.25, 0.3) is 0 Å². The van der Waals surface area contributed by atoms with Crippen molar-refractivity contribution in [2.45, 2.75) is 31.7 Å². The van der Waals surface area contributed by atoms with Crippen LogP contribution in [-0.4, -0.2) is 43.1 Å². The number of likely N-dealkylation sites (N-methyl/N-ethyl adjacent to an activating group) is 1. The number of rotatable bonds is 5. The minimum Gasteiger partial charge on any atom is -0.479 e. The van der Waals surface area contributed by atoms with Gasteiger partial charge in [0, 0.05) is 13.1 Å². The predicted molar refractivity (Wildman–Crippen MR) is 97.5 cm³/mol. The van der Waals surface area contributed by atoms with Crippen LogP contribution in [0.3, 0.4) is 0 Å². The first kappa shape index (κ1) is 16.6. The van der Waals surface area contributed by atoms with E-state index in [9.17, 15) is 0 Å². The lowest BCUT2D eigenvalue weighted by atomic mass is 9.89. The normalized spacial score (nSPS) is 25.1. The second-order valence-electron chi connectivity index (χ2n) is 6.41. The molecule has 124 valence electrons. The van der Waals surface area contributed by atoms with Crippen molar-refractivity contribution in [1.29, 1.82) is 0 Å². The Bertz CT molecular complexity index is 587. The maximum Gasteiger partial charge on any atom is 0.222 e.